The number of anilines is 1. The maximum Gasteiger partial charge on any atom is 0.490 e. The van der Waals surface area contributed by atoms with Crippen LogP contribution in [0.25, 0.3) is 0 Å². The predicted octanol–water partition coefficient (Wildman–Crippen LogP) is 1.05. The van der Waals surface area contributed by atoms with Crippen molar-refractivity contribution in [1.82, 2.24) is 15.2 Å². The van der Waals surface area contributed by atoms with Crippen LogP contribution in [0.2, 0.25) is 0 Å². The van der Waals surface area contributed by atoms with E-state index in [2.05, 4.69) is 21.3 Å². The number of rotatable bonds is 3. The summed E-state index contributed by atoms with van der Waals surface area (Å²) in [5.74, 6) is -2.99. The third kappa shape index (κ3) is 7.39. The lowest BCUT2D eigenvalue weighted by atomic mass is 9.90. The lowest BCUT2D eigenvalue weighted by Crippen LogP contribution is -2.61. The minimum Gasteiger partial charge on any atom is -0.475 e. The third-order valence-electron chi connectivity index (χ3n) is 4.88. The molecule has 2 amide bonds. The number of nitrogens with one attached hydrogen (secondary N) is 1. The molecule has 0 bridgehead atoms. The molecule has 12 heteroatoms. The summed E-state index contributed by atoms with van der Waals surface area (Å²) in [7, 11) is 0. The molecule has 1 aromatic heterocycles. The molecule has 2 saturated heterocycles. The van der Waals surface area contributed by atoms with E-state index in [9.17, 15) is 22.8 Å². The average molecular weight is 446 g/mol. The number of carboxylic acid groups (broad SMARTS) is 1. The Labute approximate surface area is 177 Å². The Morgan fingerprint density at radius 2 is 2.00 bits per heavy atom. The number of carbonyl (C=O) groups excluding carboxylic acids is 2. The van der Waals surface area contributed by atoms with Crippen LogP contribution in [0.15, 0.2) is 24.5 Å². The van der Waals surface area contributed by atoms with Gasteiger partial charge in [-0.2, -0.15) is 13.2 Å². The molecule has 0 radical (unpaired) electrons. The van der Waals surface area contributed by atoms with E-state index in [1.54, 1.807) is 6.20 Å². The zero-order valence-corrected chi connectivity index (χ0v) is 17.0. The fraction of sp³-hybridized carbons (Fsp3) is 0.579. The molecule has 1 spiro atoms. The highest BCUT2D eigenvalue weighted by atomic mass is 19.4. The first-order valence-corrected chi connectivity index (χ1v) is 9.64. The SMILES string of the molecule is CC(=O)NCC(=O)N1CCOC2(CCCN(c3cccnc3)C2)C1.O=C(O)C(F)(F)F. The molecule has 1 unspecified atom stereocenters. The van der Waals surface area contributed by atoms with Crippen LogP contribution in [-0.2, 0) is 19.1 Å². The molecule has 2 aliphatic heterocycles. The van der Waals surface area contributed by atoms with Gasteiger partial charge in [-0.15, -0.1) is 0 Å². The Morgan fingerprint density at radius 3 is 2.58 bits per heavy atom. The highest BCUT2D eigenvalue weighted by molar-refractivity contribution is 5.83. The second-order valence-electron chi connectivity index (χ2n) is 7.30. The number of carbonyl (C=O) groups is 3. The number of alkyl halides is 3. The number of piperidine rings is 1. The Balaban J connectivity index is 0.000000423. The van der Waals surface area contributed by atoms with Gasteiger partial charge in [0.05, 0.1) is 31.6 Å². The van der Waals surface area contributed by atoms with Gasteiger partial charge in [0, 0.05) is 32.8 Å². The number of amides is 2. The van der Waals surface area contributed by atoms with Crippen molar-refractivity contribution in [2.45, 2.75) is 31.5 Å². The smallest absolute Gasteiger partial charge is 0.475 e. The lowest BCUT2D eigenvalue weighted by Gasteiger charge is -2.48. The molecule has 2 N–H and O–H groups in total. The van der Waals surface area contributed by atoms with Crippen molar-refractivity contribution >= 4 is 23.5 Å². The summed E-state index contributed by atoms with van der Waals surface area (Å²) in [6, 6.07) is 3.98. The highest BCUT2D eigenvalue weighted by Crippen LogP contribution is 2.31. The van der Waals surface area contributed by atoms with Gasteiger partial charge < -0.3 is 25.0 Å². The normalized spacial score (nSPS) is 21.2. The quantitative estimate of drug-likeness (QED) is 0.714. The van der Waals surface area contributed by atoms with Crippen LogP contribution in [0.5, 0.6) is 0 Å². The number of halogens is 3. The van der Waals surface area contributed by atoms with Gasteiger partial charge in [-0.1, -0.05) is 0 Å². The zero-order chi connectivity index (χ0) is 23.1. The van der Waals surface area contributed by atoms with Crippen molar-refractivity contribution in [3.05, 3.63) is 24.5 Å². The number of morpholine rings is 1. The van der Waals surface area contributed by atoms with E-state index in [1.807, 2.05) is 17.2 Å². The lowest BCUT2D eigenvalue weighted by molar-refractivity contribution is -0.192. The van der Waals surface area contributed by atoms with Gasteiger partial charge in [0.15, 0.2) is 0 Å². The Bertz CT molecular complexity index is 774. The molecule has 0 aromatic carbocycles. The summed E-state index contributed by atoms with van der Waals surface area (Å²) < 4.78 is 37.9. The van der Waals surface area contributed by atoms with E-state index < -0.39 is 12.1 Å². The molecule has 2 fully saturated rings. The third-order valence-corrected chi connectivity index (χ3v) is 4.88. The van der Waals surface area contributed by atoms with Crippen LogP contribution in [0, 0.1) is 0 Å². The van der Waals surface area contributed by atoms with Gasteiger partial charge in [-0.25, -0.2) is 4.79 Å². The first-order chi connectivity index (χ1) is 14.5. The molecule has 3 heterocycles. The number of hydrogen-bond acceptors (Lipinski definition) is 6. The zero-order valence-electron chi connectivity index (χ0n) is 17.0. The van der Waals surface area contributed by atoms with Gasteiger partial charge in [0.1, 0.15) is 5.60 Å². The molecule has 3 rings (SSSR count). The summed E-state index contributed by atoms with van der Waals surface area (Å²) in [5, 5.41) is 9.70. The van der Waals surface area contributed by atoms with Crippen LogP contribution in [0.3, 0.4) is 0 Å². The maximum atomic E-state index is 12.3. The van der Waals surface area contributed by atoms with Crippen molar-refractivity contribution in [3.63, 3.8) is 0 Å². The number of pyridine rings is 1. The van der Waals surface area contributed by atoms with Gasteiger partial charge in [0.25, 0.3) is 0 Å². The van der Waals surface area contributed by atoms with Crippen LogP contribution in [0.4, 0.5) is 18.9 Å². The van der Waals surface area contributed by atoms with E-state index >= 15 is 0 Å². The fourth-order valence-electron chi connectivity index (χ4n) is 3.48. The summed E-state index contributed by atoms with van der Waals surface area (Å²) in [6.45, 7) is 4.87. The first kappa shape index (κ1) is 24.4. The molecular weight excluding hydrogens is 421 g/mol. The van der Waals surface area contributed by atoms with Gasteiger partial charge in [0.2, 0.25) is 11.8 Å². The maximum absolute atomic E-state index is 12.3. The van der Waals surface area contributed by atoms with Crippen LogP contribution >= 0.6 is 0 Å². The Kier molecular flexibility index (Phi) is 8.20. The molecule has 0 aliphatic carbocycles. The molecule has 31 heavy (non-hydrogen) atoms. The number of carboxylic acids is 1. The second-order valence-corrected chi connectivity index (χ2v) is 7.30. The largest absolute Gasteiger partial charge is 0.490 e. The van der Waals surface area contributed by atoms with Gasteiger partial charge >= 0.3 is 12.1 Å². The number of nitrogens with zero attached hydrogens (tertiary/aromatic N) is 3. The molecule has 0 saturated carbocycles. The van der Waals surface area contributed by atoms with Crippen molar-refractivity contribution in [2.24, 2.45) is 0 Å². The number of hydrogen-bond donors (Lipinski definition) is 2. The highest BCUT2D eigenvalue weighted by Gasteiger charge is 2.42. The monoisotopic (exact) mass is 446 g/mol. The number of ether oxygens (including phenoxy) is 1. The van der Waals surface area contributed by atoms with Crippen molar-refractivity contribution in [1.29, 1.82) is 0 Å². The van der Waals surface area contributed by atoms with E-state index in [-0.39, 0.29) is 24.0 Å². The van der Waals surface area contributed by atoms with Gasteiger partial charge in [-0.3, -0.25) is 14.6 Å². The summed E-state index contributed by atoms with van der Waals surface area (Å²) in [6.07, 6.45) is 0.501. The number of aliphatic carboxylic acids is 1. The Hall–Kier alpha value is -2.89. The molecule has 9 nitrogen and oxygen atoms in total. The summed E-state index contributed by atoms with van der Waals surface area (Å²) >= 11 is 0. The average Bonchev–Trinajstić information content (AvgIpc) is 2.72. The standard InChI is InChI=1S/C17H24N4O3.C2HF3O2/c1-14(22)19-11-16(23)21-8-9-24-17(13-21)5-3-7-20(12-17)15-4-2-6-18-10-15;3-2(4,5)1(6)7/h2,4,6,10H,3,5,7-9,11-13H2,1H3,(H,19,22);(H,6,7). The van der Waals surface area contributed by atoms with Crippen LogP contribution in [-0.4, -0.2) is 83.9 Å². The van der Waals surface area contributed by atoms with E-state index in [4.69, 9.17) is 14.6 Å². The van der Waals surface area contributed by atoms with Crippen LogP contribution < -0.4 is 10.2 Å². The minimum atomic E-state index is -5.08. The topological polar surface area (TPSA) is 112 Å². The molecule has 2 aliphatic rings. The van der Waals surface area contributed by atoms with Crippen LogP contribution in [0.1, 0.15) is 19.8 Å². The van der Waals surface area contributed by atoms with Crippen molar-refractivity contribution < 1.29 is 37.4 Å². The first-order valence-electron chi connectivity index (χ1n) is 9.64. The molecule has 1 atom stereocenters. The molecular formula is C19H25F3N4O5. The summed E-state index contributed by atoms with van der Waals surface area (Å²) in [4.78, 5) is 40.5. The fourth-order valence-corrected chi connectivity index (χ4v) is 3.48. The molecule has 1 aromatic rings. The van der Waals surface area contributed by atoms with E-state index in [1.165, 1.54) is 6.92 Å². The summed E-state index contributed by atoms with van der Waals surface area (Å²) in [5.41, 5.74) is 0.750. The predicted molar refractivity (Wildman–Crippen MR) is 103 cm³/mol. The van der Waals surface area contributed by atoms with Crippen molar-refractivity contribution in [3.8, 4) is 0 Å². The molecule has 172 valence electrons. The minimum absolute atomic E-state index is 0.0497. The number of aromatic nitrogens is 1. The van der Waals surface area contributed by atoms with Crippen molar-refractivity contribution in [2.75, 3.05) is 44.2 Å². The Morgan fingerprint density at radius 1 is 1.29 bits per heavy atom. The second kappa shape index (κ2) is 10.4. The van der Waals surface area contributed by atoms with E-state index in [0.717, 1.165) is 31.6 Å². The van der Waals surface area contributed by atoms with E-state index in [0.29, 0.717) is 19.7 Å². The van der Waals surface area contributed by atoms with Gasteiger partial charge in [-0.05, 0) is 25.0 Å².